The lowest BCUT2D eigenvalue weighted by Crippen LogP contribution is -2.36. The van der Waals surface area contributed by atoms with E-state index in [0.29, 0.717) is 17.2 Å². The lowest BCUT2D eigenvalue weighted by molar-refractivity contribution is 0.619. The summed E-state index contributed by atoms with van der Waals surface area (Å²) < 4.78 is 13.2. The third-order valence-electron chi connectivity index (χ3n) is 2.55. The van der Waals surface area contributed by atoms with Gasteiger partial charge in [0, 0.05) is 5.69 Å². The second-order valence-corrected chi connectivity index (χ2v) is 4.03. The predicted molar refractivity (Wildman–Crippen MR) is 75.6 cm³/mol. The van der Waals surface area contributed by atoms with Crippen molar-refractivity contribution in [1.82, 2.24) is 5.43 Å². The van der Waals surface area contributed by atoms with Crippen molar-refractivity contribution in [2.24, 2.45) is 10.8 Å². The number of nitrogens with zero attached hydrogens (tertiary/aromatic N) is 1. The second-order valence-electron chi connectivity index (χ2n) is 4.03. The van der Waals surface area contributed by atoms with Crippen molar-refractivity contribution in [2.75, 3.05) is 5.32 Å². The Kier molecular flexibility index (Phi) is 4.10. The molecular formula is C14H15FN4. The van der Waals surface area contributed by atoms with Crippen LogP contribution in [0.5, 0.6) is 0 Å². The number of benzene rings is 2. The number of guanidine groups is 1. The Bertz CT molecular complexity index is 581. The van der Waals surface area contributed by atoms with Crippen molar-refractivity contribution < 1.29 is 4.39 Å². The third kappa shape index (κ3) is 3.53. The molecule has 4 nitrogen and oxygen atoms in total. The first-order chi connectivity index (χ1) is 9.19. The van der Waals surface area contributed by atoms with Gasteiger partial charge in [0.2, 0.25) is 5.96 Å². The topological polar surface area (TPSA) is 62.4 Å². The van der Waals surface area contributed by atoms with Crippen LogP contribution in [0.1, 0.15) is 5.56 Å². The highest BCUT2D eigenvalue weighted by Crippen LogP contribution is 2.15. The highest BCUT2D eigenvalue weighted by Gasteiger charge is 2.02. The van der Waals surface area contributed by atoms with E-state index < -0.39 is 0 Å². The SMILES string of the molecule is Cc1cc(NC(=Nc2ccccc2)NN)ccc1F. The summed E-state index contributed by atoms with van der Waals surface area (Å²) in [5, 5.41) is 2.99. The van der Waals surface area contributed by atoms with Crippen LogP contribution in [0.4, 0.5) is 15.8 Å². The van der Waals surface area contributed by atoms with Crippen molar-refractivity contribution in [3.8, 4) is 0 Å². The van der Waals surface area contributed by atoms with Gasteiger partial charge in [0.1, 0.15) is 5.82 Å². The first-order valence-electron chi connectivity index (χ1n) is 5.82. The van der Waals surface area contributed by atoms with E-state index in [1.165, 1.54) is 6.07 Å². The maximum Gasteiger partial charge on any atom is 0.215 e. The number of hydrogen-bond donors (Lipinski definition) is 3. The number of aryl methyl sites for hydroxylation is 1. The van der Waals surface area contributed by atoms with Crippen molar-refractivity contribution in [1.29, 1.82) is 0 Å². The minimum absolute atomic E-state index is 0.243. The maximum atomic E-state index is 13.2. The van der Waals surface area contributed by atoms with E-state index in [-0.39, 0.29) is 5.82 Å². The molecule has 0 heterocycles. The van der Waals surface area contributed by atoms with Gasteiger partial charge in [0.05, 0.1) is 5.69 Å². The molecule has 2 rings (SSSR count). The second kappa shape index (κ2) is 5.97. The Morgan fingerprint density at radius 3 is 2.53 bits per heavy atom. The standard InChI is InChI=1S/C14H15FN4/c1-10-9-12(7-8-13(10)15)18-14(19-16)17-11-5-3-2-4-6-11/h2-9H,16H2,1H3,(H2,17,18,19). The van der Waals surface area contributed by atoms with E-state index >= 15 is 0 Å². The molecule has 4 N–H and O–H groups in total. The highest BCUT2D eigenvalue weighted by atomic mass is 19.1. The number of rotatable bonds is 2. The largest absolute Gasteiger partial charge is 0.325 e. The number of anilines is 1. The molecule has 0 aliphatic rings. The molecule has 0 aromatic heterocycles. The average molecular weight is 258 g/mol. The van der Waals surface area contributed by atoms with E-state index in [0.717, 1.165) is 5.69 Å². The number of nitrogens with two attached hydrogens (primary N) is 1. The zero-order chi connectivity index (χ0) is 13.7. The van der Waals surface area contributed by atoms with Crippen LogP contribution in [0, 0.1) is 12.7 Å². The van der Waals surface area contributed by atoms with Crippen LogP contribution in [0.25, 0.3) is 0 Å². The molecule has 2 aromatic carbocycles. The van der Waals surface area contributed by atoms with Crippen LogP contribution in [0.2, 0.25) is 0 Å². The fourth-order valence-electron chi connectivity index (χ4n) is 1.59. The fourth-order valence-corrected chi connectivity index (χ4v) is 1.59. The molecule has 0 radical (unpaired) electrons. The molecule has 0 atom stereocenters. The van der Waals surface area contributed by atoms with E-state index in [1.54, 1.807) is 19.1 Å². The molecule has 0 unspecified atom stereocenters. The van der Waals surface area contributed by atoms with E-state index in [9.17, 15) is 4.39 Å². The van der Waals surface area contributed by atoms with Crippen molar-refractivity contribution in [3.63, 3.8) is 0 Å². The van der Waals surface area contributed by atoms with Crippen LogP contribution in [-0.4, -0.2) is 5.96 Å². The predicted octanol–water partition coefficient (Wildman–Crippen LogP) is 2.70. The number of hydrogen-bond acceptors (Lipinski definition) is 2. The first kappa shape index (κ1) is 13.0. The molecule has 0 saturated carbocycles. The number of hydrazine groups is 1. The molecule has 0 saturated heterocycles. The van der Waals surface area contributed by atoms with Gasteiger partial charge in [-0.3, -0.25) is 5.43 Å². The Labute approximate surface area is 111 Å². The average Bonchev–Trinajstić information content (AvgIpc) is 2.43. The van der Waals surface area contributed by atoms with Crippen LogP contribution in [0.15, 0.2) is 53.5 Å². The molecule has 19 heavy (non-hydrogen) atoms. The summed E-state index contributed by atoms with van der Waals surface area (Å²) in [6.07, 6.45) is 0. The van der Waals surface area contributed by atoms with Gasteiger partial charge >= 0.3 is 0 Å². The Morgan fingerprint density at radius 2 is 1.89 bits per heavy atom. The maximum absolute atomic E-state index is 13.2. The summed E-state index contributed by atoms with van der Waals surface area (Å²) in [5.41, 5.74) is 4.51. The number of halogens is 1. The van der Waals surface area contributed by atoms with Gasteiger partial charge in [-0.1, -0.05) is 18.2 Å². The quantitative estimate of drug-likeness (QED) is 0.336. The minimum atomic E-state index is -0.243. The molecule has 0 spiro atoms. The smallest absolute Gasteiger partial charge is 0.215 e. The Balaban J connectivity index is 2.19. The first-order valence-corrected chi connectivity index (χ1v) is 5.82. The molecule has 5 heteroatoms. The molecule has 0 amide bonds. The zero-order valence-corrected chi connectivity index (χ0v) is 10.5. The van der Waals surface area contributed by atoms with Crippen molar-refractivity contribution in [2.45, 2.75) is 6.92 Å². The summed E-state index contributed by atoms with van der Waals surface area (Å²) in [7, 11) is 0. The Hall–Kier alpha value is -2.40. The lowest BCUT2D eigenvalue weighted by atomic mass is 10.2. The Morgan fingerprint density at radius 1 is 1.16 bits per heavy atom. The van der Waals surface area contributed by atoms with Crippen LogP contribution in [-0.2, 0) is 0 Å². The summed E-state index contributed by atoms with van der Waals surface area (Å²) in [6, 6.07) is 14.1. The fraction of sp³-hybridized carbons (Fsp3) is 0.0714. The highest BCUT2D eigenvalue weighted by molar-refractivity contribution is 5.94. The molecule has 2 aromatic rings. The summed E-state index contributed by atoms with van der Waals surface area (Å²) in [6.45, 7) is 1.70. The zero-order valence-electron chi connectivity index (χ0n) is 10.5. The van der Waals surface area contributed by atoms with Crippen LogP contribution >= 0.6 is 0 Å². The van der Waals surface area contributed by atoms with Crippen LogP contribution in [0.3, 0.4) is 0 Å². The minimum Gasteiger partial charge on any atom is -0.325 e. The molecule has 98 valence electrons. The number of aliphatic imine (C=N–C) groups is 1. The van der Waals surface area contributed by atoms with Crippen LogP contribution < -0.4 is 16.6 Å². The third-order valence-corrected chi connectivity index (χ3v) is 2.55. The molecule has 0 bridgehead atoms. The van der Waals surface area contributed by atoms with Gasteiger partial charge in [-0.25, -0.2) is 15.2 Å². The summed E-state index contributed by atoms with van der Waals surface area (Å²) in [4.78, 5) is 4.30. The number of nitrogens with one attached hydrogen (secondary N) is 2. The molecular weight excluding hydrogens is 243 g/mol. The van der Waals surface area contributed by atoms with E-state index in [4.69, 9.17) is 5.84 Å². The van der Waals surface area contributed by atoms with E-state index in [2.05, 4.69) is 15.7 Å². The van der Waals surface area contributed by atoms with Gasteiger partial charge in [-0.15, -0.1) is 0 Å². The number of para-hydroxylation sites is 1. The monoisotopic (exact) mass is 258 g/mol. The van der Waals surface area contributed by atoms with E-state index in [1.807, 2.05) is 30.3 Å². The lowest BCUT2D eigenvalue weighted by Gasteiger charge is -2.10. The van der Waals surface area contributed by atoms with Gasteiger partial charge in [-0.05, 0) is 42.8 Å². The molecule has 0 fully saturated rings. The summed E-state index contributed by atoms with van der Waals surface area (Å²) in [5.74, 6) is 5.56. The van der Waals surface area contributed by atoms with Gasteiger partial charge in [0.25, 0.3) is 0 Å². The van der Waals surface area contributed by atoms with Gasteiger partial charge in [0.15, 0.2) is 0 Å². The normalized spacial score (nSPS) is 11.2. The van der Waals surface area contributed by atoms with Crippen molar-refractivity contribution in [3.05, 3.63) is 59.9 Å². The summed E-state index contributed by atoms with van der Waals surface area (Å²) >= 11 is 0. The molecule has 0 aliphatic heterocycles. The van der Waals surface area contributed by atoms with Gasteiger partial charge in [-0.2, -0.15) is 0 Å². The molecule has 0 aliphatic carbocycles. The van der Waals surface area contributed by atoms with Gasteiger partial charge < -0.3 is 5.32 Å². The van der Waals surface area contributed by atoms with Crippen molar-refractivity contribution >= 4 is 17.3 Å².